The third-order valence-electron chi connectivity index (χ3n) is 4.23. The van der Waals surface area contributed by atoms with Crippen LogP contribution in [0.5, 0.6) is 11.5 Å². The van der Waals surface area contributed by atoms with E-state index < -0.39 is 5.97 Å². The number of esters is 1. The number of aryl methyl sites for hydroxylation is 1. The van der Waals surface area contributed by atoms with Gasteiger partial charge < -0.3 is 19.2 Å². The Morgan fingerprint density at radius 1 is 1.23 bits per heavy atom. The third-order valence-corrected chi connectivity index (χ3v) is 4.51. The molecule has 3 rings (SSSR count). The maximum Gasteiger partial charge on any atom is 0.355 e. The van der Waals surface area contributed by atoms with Crippen LogP contribution in [0.3, 0.4) is 0 Å². The monoisotopic (exact) mass is 377 g/mol. The number of H-pyrrole nitrogens is 1. The van der Waals surface area contributed by atoms with E-state index in [0.29, 0.717) is 52.1 Å². The largest absolute Gasteiger partial charge is 0.489 e. The Hall–Kier alpha value is -2.47. The van der Waals surface area contributed by atoms with Crippen molar-refractivity contribution < 1.29 is 23.8 Å². The summed E-state index contributed by atoms with van der Waals surface area (Å²) in [5, 5.41) is 0.418. The number of ether oxygens (including phenoxy) is 3. The van der Waals surface area contributed by atoms with Crippen LogP contribution in [0, 0.1) is 13.8 Å². The van der Waals surface area contributed by atoms with E-state index in [1.807, 2.05) is 0 Å². The van der Waals surface area contributed by atoms with E-state index in [1.165, 1.54) is 6.92 Å². The zero-order valence-corrected chi connectivity index (χ0v) is 15.7. The fourth-order valence-corrected chi connectivity index (χ4v) is 3.36. The Kier molecular flexibility index (Phi) is 5.23. The third kappa shape index (κ3) is 3.55. The number of hydrogen-bond donors (Lipinski definition) is 1. The molecule has 1 aliphatic heterocycles. The van der Waals surface area contributed by atoms with Gasteiger partial charge in [0, 0.05) is 17.7 Å². The molecule has 6 nitrogen and oxygen atoms in total. The predicted octanol–water partition coefficient (Wildman–Crippen LogP) is 4.01. The molecule has 0 saturated heterocycles. The Morgan fingerprint density at radius 2 is 1.96 bits per heavy atom. The van der Waals surface area contributed by atoms with Crippen molar-refractivity contribution in [1.82, 2.24) is 4.98 Å². The zero-order chi connectivity index (χ0) is 18.8. The molecule has 1 aliphatic rings. The fraction of sp³-hybridized carbons (Fsp3) is 0.368. The molecule has 1 aromatic heterocycles. The van der Waals surface area contributed by atoms with E-state index in [1.54, 1.807) is 26.0 Å². The summed E-state index contributed by atoms with van der Waals surface area (Å²) in [6.45, 7) is 6.07. The van der Waals surface area contributed by atoms with Crippen molar-refractivity contribution in [3.63, 3.8) is 0 Å². The molecular formula is C19H20ClNO5. The van der Waals surface area contributed by atoms with Gasteiger partial charge in [0.15, 0.2) is 17.3 Å². The van der Waals surface area contributed by atoms with Gasteiger partial charge in [-0.2, -0.15) is 0 Å². The van der Waals surface area contributed by atoms with E-state index in [2.05, 4.69) is 4.98 Å². The molecule has 26 heavy (non-hydrogen) atoms. The van der Waals surface area contributed by atoms with Crippen molar-refractivity contribution in [2.45, 2.75) is 33.8 Å². The fourth-order valence-electron chi connectivity index (χ4n) is 3.07. The second-order valence-corrected chi connectivity index (χ2v) is 6.62. The first-order valence-corrected chi connectivity index (χ1v) is 8.71. The Balaban J connectivity index is 1.76. The lowest BCUT2D eigenvalue weighted by atomic mass is 10.1. The summed E-state index contributed by atoms with van der Waals surface area (Å²) in [7, 11) is 0. The van der Waals surface area contributed by atoms with Gasteiger partial charge in [0.1, 0.15) is 12.3 Å². The van der Waals surface area contributed by atoms with Gasteiger partial charge in [-0.05, 0) is 44.0 Å². The molecule has 0 unspecified atom stereocenters. The average Bonchev–Trinajstić information content (AvgIpc) is 2.74. The van der Waals surface area contributed by atoms with Gasteiger partial charge in [0.25, 0.3) is 0 Å². The Labute approximate surface area is 156 Å². The van der Waals surface area contributed by atoms with Crippen LogP contribution in [0.25, 0.3) is 0 Å². The van der Waals surface area contributed by atoms with E-state index in [-0.39, 0.29) is 18.1 Å². The van der Waals surface area contributed by atoms with Crippen LogP contribution in [0.1, 0.15) is 51.0 Å². The molecule has 138 valence electrons. The molecule has 0 radical (unpaired) electrons. The maximum atomic E-state index is 12.4. The molecule has 0 aliphatic carbocycles. The summed E-state index contributed by atoms with van der Waals surface area (Å²) in [4.78, 5) is 27.0. The maximum absolute atomic E-state index is 12.4. The van der Waals surface area contributed by atoms with Gasteiger partial charge in [-0.1, -0.05) is 11.6 Å². The molecular weight excluding hydrogens is 358 g/mol. The van der Waals surface area contributed by atoms with Crippen LogP contribution in [-0.2, 0) is 11.3 Å². The van der Waals surface area contributed by atoms with E-state index in [0.717, 1.165) is 6.42 Å². The van der Waals surface area contributed by atoms with Crippen LogP contribution in [0.4, 0.5) is 0 Å². The van der Waals surface area contributed by atoms with Crippen molar-refractivity contribution in [2.24, 2.45) is 0 Å². The Morgan fingerprint density at radius 3 is 2.65 bits per heavy atom. The summed E-state index contributed by atoms with van der Waals surface area (Å²) in [6, 6.07) is 3.45. The van der Waals surface area contributed by atoms with Gasteiger partial charge in [-0.25, -0.2) is 4.79 Å². The molecule has 2 aromatic rings. The van der Waals surface area contributed by atoms with Crippen molar-refractivity contribution >= 4 is 23.4 Å². The summed E-state index contributed by atoms with van der Waals surface area (Å²) in [6.07, 6.45) is 0.777. The van der Waals surface area contributed by atoms with Crippen molar-refractivity contribution in [2.75, 3.05) is 13.2 Å². The van der Waals surface area contributed by atoms with Gasteiger partial charge in [-0.3, -0.25) is 4.79 Å². The van der Waals surface area contributed by atoms with E-state index in [9.17, 15) is 9.59 Å². The highest BCUT2D eigenvalue weighted by molar-refractivity contribution is 6.32. The molecule has 7 heteroatoms. The predicted molar refractivity (Wildman–Crippen MR) is 96.4 cm³/mol. The number of Topliss-reactive ketones (excluding diaryl/α,β-unsaturated/α-hetero) is 1. The topological polar surface area (TPSA) is 77.6 Å². The number of carbonyl (C=O) groups excluding carboxylic acids is 2. The highest BCUT2D eigenvalue weighted by atomic mass is 35.5. The molecule has 2 heterocycles. The second-order valence-electron chi connectivity index (χ2n) is 6.21. The van der Waals surface area contributed by atoms with Crippen molar-refractivity contribution in [3.8, 4) is 11.5 Å². The SMILES string of the molecule is CC(=O)c1c(C)[nH]c(C(=O)OCc2cc(Cl)c3c(c2)OCCCO3)c1C. The molecule has 0 spiro atoms. The summed E-state index contributed by atoms with van der Waals surface area (Å²) in [5.74, 6) is 0.444. The summed E-state index contributed by atoms with van der Waals surface area (Å²) >= 11 is 6.25. The van der Waals surface area contributed by atoms with Crippen LogP contribution in [0.2, 0.25) is 5.02 Å². The quantitative estimate of drug-likeness (QED) is 0.643. The second kappa shape index (κ2) is 7.41. The average molecular weight is 378 g/mol. The van der Waals surface area contributed by atoms with Crippen LogP contribution in [-0.4, -0.2) is 30.0 Å². The number of benzene rings is 1. The smallest absolute Gasteiger partial charge is 0.355 e. The highest BCUT2D eigenvalue weighted by Gasteiger charge is 2.21. The van der Waals surface area contributed by atoms with Crippen molar-refractivity contribution in [3.05, 3.63) is 45.2 Å². The van der Waals surface area contributed by atoms with Gasteiger partial charge in [0.2, 0.25) is 0 Å². The normalized spacial score (nSPS) is 13.2. The summed E-state index contributed by atoms with van der Waals surface area (Å²) < 4.78 is 16.6. The first kappa shape index (κ1) is 18.3. The number of aromatic nitrogens is 1. The van der Waals surface area contributed by atoms with Crippen LogP contribution >= 0.6 is 11.6 Å². The molecule has 0 fully saturated rings. The van der Waals surface area contributed by atoms with Crippen molar-refractivity contribution in [1.29, 1.82) is 0 Å². The van der Waals surface area contributed by atoms with Crippen LogP contribution in [0.15, 0.2) is 12.1 Å². The Bertz CT molecular complexity index is 871. The number of hydrogen-bond acceptors (Lipinski definition) is 5. The number of rotatable bonds is 4. The first-order chi connectivity index (χ1) is 12.4. The standard InChI is InChI=1S/C19H20ClNO5/c1-10-16(12(3)22)11(2)21-17(10)19(23)26-9-13-7-14(20)18-15(8-13)24-5-4-6-25-18/h7-8,21H,4-6,9H2,1-3H3. The lowest BCUT2D eigenvalue weighted by Gasteiger charge is -2.12. The number of carbonyl (C=O) groups is 2. The lowest BCUT2D eigenvalue weighted by molar-refractivity contribution is 0.0465. The number of nitrogens with one attached hydrogen (secondary N) is 1. The zero-order valence-electron chi connectivity index (χ0n) is 14.9. The molecule has 1 N–H and O–H groups in total. The number of halogens is 1. The minimum atomic E-state index is -0.527. The molecule has 0 bridgehead atoms. The van der Waals surface area contributed by atoms with E-state index >= 15 is 0 Å². The minimum absolute atomic E-state index is 0.0299. The van der Waals surface area contributed by atoms with Gasteiger partial charge in [-0.15, -0.1) is 0 Å². The molecule has 1 aromatic carbocycles. The van der Waals surface area contributed by atoms with Gasteiger partial charge >= 0.3 is 5.97 Å². The number of ketones is 1. The van der Waals surface area contributed by atoms with E-state index in [4.69, 9.17) is 25.8 Å². The minimum Gasteiger partial charge on any atom is -0.489 e. The highest BCUT2D eigenvalue weighted by Crippen LogP contribution is 2.38. The lowest BCUT2D eigenvalue weighted by Crippen LogP contribution is -2.08. The number of aromatic amines is 1. The summed E-state index contributed by atoms with van der Waals surface area (Å²) in [5.41, 5.74) is 2.75. The molecule has 0 saturated carbocycles. The molecule has 0 atom stereocenters. The number of fused-ring (bicyclic) bond motifs is 1. The molecule has 0 amide bonds. The van der Waals surface area contributed by atoms with Gasteiger partial charge in [0.05, 0.1) is 18.2 Å². The first-order valence-electron chi connectivity index (χ1n) is 8.33. The van der Waals surface area contributed by atoms with Crippen LogP contribution < -0.4 is 9.47 Å².